The lowest BCUT2D eigenvalue weighted by molar-refractivity contribution is 0.0982. The molecule has 0 saturated heterocycles. The van der Waals surface area contributed by atoms with Crippen molar-refractivity contribution in [2.24, 2.45) is 0 Å². The summed E-state index contributed by atoms with van der Waals surface area (Å²) in [6.45, 7) is 3.76. The predicted octanol–water partition coefficient (Wildman–Crippen LogP) is 2.82. The number of hydrogen-bond donors (Lipinski definition) is 1. The standard InChI is InChI=1S/C13H19NO3S/c1-3-5-13(15)11-6-8-12(9-7-11)14-18(16,17)10-4-2/h6-9,14H,3-5,10H2,1-2H3. The van der Waals surface area contributed by atoms with Gasteiger partial charge < -0.3 is 0 Å². The Hall–Kier alpha value is -1.36. The molecule has 0 heterocycles. The van der Waals surface area contributed by atoms with Gasteiger partial charge in [0, 0.05) is 17.7 Å². The first kappa shape index (κ1) is 14.7. The summed E-state index contributed by atoms with van der Waals surface area (Å²) < 4.78 is 25.6. The number of hydrogen-bond acceptors (Lipinski definition) is 3. The van der Waals surface area contributed by atoms with E-state index in [1.165, 1.54) is 0 Å². The second kappa shape index (κ2) is 6.54. The molecule has 0 spiro atoms. The molecule has 0 aliphatic carbocycles. The maximum absolute atomic E-state index is 11.6. The molecule has 0 aliphatic heterocycles. The van der Waals surface area contributed by atoms with Crippen molar-refractivity contribution in [1.29, 1.82) is 0 Å². The zero-order valence-corrected chi connectivity index (χ0v) is 11.6. The summed E-state index contributed by atoms with van der Waals surface area (Å²) in [6.07, 6.45) is 1.90. The Morgan fingerprint density at radius 3 is 2.22 bits per heavy atom. The van der Waals surface area contributed by atoms with Crippen molar-refractivity contribution in [3.63, 3.8) is 0 Å². The summed E-state index contributed by atoms with van der Waals surface area (Å²) in [7, 11) is -3.26. The Balaban J connectivity index is 2.75. The monoisotopic (exact) mass is 269 g/mol. The van der Waals surface area contributed by atoms with Crippen LogP contribution in [0.5, 0.6) is 0 Å². The van der Waals surface area contributed by atoms with Gasteiger partial charge >= 0.3 is 0 Å². The Kier molecular flexibility index (Phi) is 5.34. The van der Waals surface area contributed by atoms with Gasteiger partial charge in [0.15, 0.2) is 5.78 Å². The molecule has 0 radical (unpaired) electrons. The van der Waals surface area contributed by atoms with Gasteiger partial charge in [-0.3, -0.25) is 9.52 Å². The van der Waals surface area contributed by atoms with Crippen LogP contribution in [0.25, 0.3) is 0 Å². The summed E-state index contributed by atoms with van der Waals surface area (Å²) >= 11 is 0. The van der Waals surface area contributed by atoms with Crippen LogP contribution in [0.15, 0.2) is 24.3 Å². The van der Waals surface area contributed by atoms with Gasteiger partial charge in [-0.1, -0.05) is 13.8 Å². The number of carbonyl (C=O) groups is 1. The van der Waals surface area contributed by atoms with Crippen molar-refractivity contribution >= 4 is 21.5 Å². The summed E-state index contributed by atoms with van der Waals surface area (Å²) in [5.74, 6) is 0.184. The van der Waals surface area contributed by atoms with Crippen LogP contribution in [-0.2, 0) is 10.0 Å². The lowest BCUT2D eigenvalue weighted by Crippen LogP contribution is -2.16. The number of carbonyl (C=O) groups excluding carboxylic acids is 1. The van der Waals surface area contributed by atoms with E-state index in [2.05, 4.69) is 4.72 Å². The molecular weight excluding hydrogens is 250 g/mol. The van der Waals surface area contributed by atoms with Crippen LogP contribution in [0.2, 0.25) is 0 Å². The van der Waals surface area contributed by atoms with Crippen molar-refractivity contribution in [2.45, 2.75) is 33.1 Å². The highest BCUT2D eigenvalue weighted by atomic mass is 32.2. The summed E-state index contributed by atoms with van der Waals surface area (Å²) in [6, 6.07) is 6.55. The van der Waals surface area contributed by atoms with Crippen LogP contribution in [0, 0.1) is 0 Å². The number of anilines is 1. The largest absolute Gasteiger partial charge is 0.294 e. The van der Waals surface area contributed by atoms with E-state index in [4.69, 9.17) is 0 Å². The van der Waals surface area contributed by atoms with Gasteiger partial charge in [0.1, 0.15) is 0 Å². The minimum atomic E-state index is -3.26. The Bertz CT molecular complexity index is 491. The van der Waals surface area contributed by atoms with Crippen LogP contribution in [0.4, 0.5) is 5.69 Å². The second-order valence-electron chi connectivity index (χ2n) is 4.17. The van der Waals surface area contributed by atoms with Crippen molar-refractivity contribution in [2.75, 3.05) is 10.5 Å². The maximum Gasteiger partial charge on any atom is 0.232 e. The predicted molar refractivity (Wildman–Crippen MR) is 73.4 cm³/mol. The summed E-state index contributed by atoms with van der Waals surface area (Å²) in [5, 5.41) is 0. The Morgan fingerprint density at radius 1 is 1.11 bits per heavy atom. The normalized spacial score (nSPS) is 11.2. The molecule has 0 unspecified atom stereocenters. The molecule has 0 bridgehead atoms. The highest BCUT2D eigenvalue weighted by molar-refractivity contribution is 7.92. The van der Waals surface area contributed by atoms with E-state index < -0.39 is 10.0 Å². The van der Waals surface area contributed by atoms with E-state index in [0.717, 1.165) is 6.42 Å². The molecule has 100 valence electrons. The van der Waals surface area contributed by atoms with Crippen LogP contribution in [-0.4, -0.2) is 20.0 Å². The molecule has 5 heteroatoms. The van der Waals surface area contributed by atoms with E-state index in [0.29, 0.717) is 24.1 Å². The topological polar surface area (TPSA) is 63.2 Å². The van der Waals surface area contributed by atoms with E-state index in [-0.39, 0.29) is 11.5 Å². The molecule has 0 amide bonds. The minimum Gasteiger partial charge on any atom is -0.294 e. The molecule has 1 N–H and O–H groups in total. The zero-order valence-electron chi connectivity index (χ0n) is 10.8. The van der Waals surface area contributed by atoms with Gasteiger partial charge in [0.05, 0.1) is 5.75 Å². The second-order valence-corrected chi connectivity index (χ2v) is 6.01. The van der Waals surface area contributed by atoms with E-state index in [1.54, 1.807) is 24.3 Å². The third-order valence-electron chi connectivity index (χ3n) is 2.43. The molecule has 1 aromatic rings. The highest BCUT2D eigenvalue weighted by Crippen LogP contribution is 2.13. The van der Waals surface area contributed by atoms with Crippen molar-refractivity contribution < 1.29 is 13.2 Å². The number of nitrogens with one attached hydrogen (secondary N) is 1. The molecule has 18 heavy (non-hydrogen) atoms. The van der Waals surface area contributed by atoms with Crippen molar-refractivity contribution in [3.05, 3.63) is 29.8 Å². The number of rotatable bonds is 7. The fourth-order valence-corrected chi connectivity index (χ4v) is 2.73. The first-order valence-corrected chi connectivity index (χ1v) is 7.77. The first-order valence-electron chi connectivity index (χ1n) is 6.12. The van der Waals surface area contributed by atoms with Crippen LogP contribution >= 0.6 is 0 Å². The first-order chi connectivity index (χ1) is 8.48. The molecule has 0 atom stereocenters. The molecule has 1 aromatic carbocycles. The van der Waals surface area contributed by atoms with E-state index in [1.807, 2.05) is 13.8 Å². The molecule has 0 aromatic heterocycles. The van der Waals surface area contributed by atoms with Crippen LogP contribution in [0.1, 0.15) is 43.5 Å². The molecule has 0 fully saturated rings. The Labute approximate surface area is 108 Å². The third-order valence-corrected chi connectivity index (χ3v) is 3.92. The van der Waals surface area contributed by atoms with Gasteiger partial charge in [-0.2, -0.15) is 0 Å². The number of benzene rings is 1. The summed E-state index contributed by atoms with van der Waals surface area (Å²) in [5.41, 5.74) is 1.12. The van der Waals surface area contributed by atoms with Crippen molar-refractivity contribution in [1.82, 2.24) is 0 Å². The molecule has 1 rings (SSSR count). The maximum atomic E-state index is 11.6. The lowest BCUT2D eigenvalue weighted by atomic mass is 10.1. The minimum absolute atomic E-state index is 0.0838. The zero-order chi connectivity index (χ0) is 13.6. The smallest absolute Gasteiger partial charge is 0.232 e. The quantitative estimate of drug-likeness (QED) is 0.774. The van der Waals surface area contributed by atoms with Crippen LogP contribution < -0.4 is 4.72 Å². The van der Waals surface area contributed by atoms with Crippen LogP contribution in [0.3, 0.4) is 0 Å². The van der Waals surface area contributed by atoms with Gasteiger partial charge in [-0.15, -0.1) is 0 Å². The van der Waals surface area contributed by atoms with Gasteiger partial charge in [0.2, 0.25) is 10.0 Å². The number of Topliss-reactive ketones (excluding diaryl/α,β-unsaturated/α-hetero) is 1. The molecule has 0 aliphatic rings. The fraction of sp³-hybridized carbons (Fsp3) is 0.462. The van der Waals surface area contributed by atoms with Gasteiger partial charge in [0.25, 0.3) is 0 Å². The fourth-order valence-electron chi connectivity index (χ4n) is 1.59. The molecular formula is C13H19NO3S. The average Bonchev–Trinajstić information content (AvgIpc) is 2.29. The average molecular weight is 269 g/mol. The number of ketones is 1. The molecule has 0 saturated carbocycles. The van der Waals surface area contributed by atoms with Crippen molar-refractivity contribution in [3.8, 4) is 0 Å². The molecule has 4 nitrogen and oxygen atoms in total. The number of sulfonamides is 1. The lowest BCUT2D eigenvalue weighted by Gasteiger charge is -2.07. The Morgan fingerprint density at radius 2 is 1.72 bits per heavy atom. The third kappa shape index (κ3) is 4.49. The van der Waals surface area contributed by atoms with E-state index in [9.17, 15) is 13.2 Å². The van der Waals surface area contributed by atoms with Gasteiger partial charge in [-0.25, -0.2) is 8.42 Å². The van der Waals surface area contributed by atoms with E-state index >= 15 is 0 Å². The highest BCUT2D eigenvalue weighted by Gasteiger charge is 2.09. The summed E-state index contributed by atoms with van der Waals surface area (Å²) in [4.78, 5) is 11.6. The SMILES string of the molecule is CCCC(=O)c1ccc(NS(=O)(=O)CCC)cc1. The van der Waals surface area contributed by atoms with Gasteiger partial charge in [-0.05, 0) is 37.1 Å².